The molecule has 0 radical (unpaired) electrons. The first-order chi connectivity index (χ1) is 17.5. The van der Waals surface area contributed by atoms with Crippen LogP contribution < -0.4 is 16.2 Å². The molecule has 37 heavy (non-hydrogen) atoms. The number of anilines is 2. The second-order valence-corrected chi connectivity index (χ2v) is 12.2. The molecule has 2 amide bonds. The second-order valence-electron chi connectivity index (χ2n) is 11.1. The van der Waals surface area contributed by atoms with Crippen LogP contribution in [0.2, 0.25) is 0 Å². The summed E-state index contributed by atoms with van der Waals surface area (Å²) in [5.41, 5.74) is 1.53. The maximum atomic E-state index is 13.4. The minimum atomic E-state index is -0.820. The van der Waals surface area contributed by atoms with Crippen LogP contribution in [0, 0.1) is 12.8 Å². The summed E-state index contributed by atoms with van der Waals surface area (Å²) in [7, 11) is 4.11. The van der Waals surface area contributed by atoms with Crippen LogP contribution in [0.1, 0.15) is 46.8 Å². The molecule has 2 aliphatic heterocycles. The van der Waals surface area contributed by atoms with Gasteiger partial charge >= 0.3 is 0 Å². The van der Waals surface area contributed by atoms with Crippen molar-refractivity contribution in [3.05, 3.63) is 44.4 Å². The van der Waals surface area contributed by atoms with Gasteiger partial charge in [-0.3, -0.25) is 19.0 Å². The number of nitrogens with zero attached hydrogens (tertiary/aromatic N) is 5. The van der Waals surface area contributed by atoms with Crippen molar-refractivity contribution >= 4 is 44.9 Å². The first-order valence-corrected chi connectivity index (χ1v) is 13.4. The van der Waals surface area contributed by atoms with Crippen LogP contribution >= 0.6 is 11.3 Å². The van der Waals surface area contributed by atoms with Gasteiger partial charge in [0, 0.05) is 29.9 Å². The first kappa shape index (κ1) is 24.1. The van der Waals surface area contributed by atoms with Crippen molar-refractivity contribution in [2.45, 2.75) is 51.7 Å². The number of amides is 2. The third-order valence-corrected chi connectivity index (χ3v) is 9.10. The fourth-order valence-electron chi connectivity index (χ4n) is 5.80. The van der Waals surface area contributed by atoms with E-state index in [0.29, 0.717) is 35.2 Å². The summed E-state index contributed by atoms with van der Waals surface area (Å²) in [6, 6.07) is 2.16. The van der Waals surface area contributed by atoms with Gasteiger partial charge in [0.2, 0.25) is 5.91 Å². The van der Waals surface area contributed by atoms with E-state index in [2.05, 4.69) is 39.6 Å². The van der Waals surface area contributed by atoms with Crippen molar-refractivity contribution in [3.63, 3.8) is 0 Å². The number of thiophene rings is 1. The van der Waals surface area contributed by atoms with Gasteiger partial charge in [0.1, 0.15) is 34.0 Å². The number of aryl methyl sites for hydroxylation is 2. The molecule has 3 aromatic heterocycles. The molecular weight excluding hydrogens is 490 g/mol. The molecule has 0 bridgehead atoms. The largest absolute Gasteiger partial charge is 0.339 e. The molecule has 0 aromatic carbocycles. The highest BCUT2D eigenvalue weighted by Gasteiger charge is 2.39. The highest BCUT2D eigenvalue weighted by molar-refractivity contribution is 7.19. The smallest absolute Gasteiger partial charge is 0.276 e. The van der Waals surface area contributed by atoms with E-state index in [-0.39, 0.29) is 23.3 Å². The van der Waals surface area contributed by atoms with Gasteiger partial charge in [0.25, 0.3) is 11.5 Å². The van der Waals surface area contributed by atoms with Crippen molar-refractivity contribution in [2.75, 3.05) is 32.5 Å². The number of carbonyl (C=O) groups is 2. The van der Waals surface area contributed by atoms with E-state index < -0.39 is 5.66 Å². The highest BCUT2D eigenvalue weighted by Crippen LogP contribution is 2.41. The predicted octanol–water partition coefficient (Wildman–Crippen LogP) is 2.22. The molecule has 5 heterocycles. The number of likely N-dealkylation sites (tertiary alicyclic amines) is 1. The van der Waals surface area contributed by atoms with E-state index in [9.17, 15) is 14.4 Å². The number of rotatable bonds is 4. The van der Waals surface area contributed by atoms with E-state index >= 15 is 0 Å². The first-order valence-electron chi connectivity index (χ1n) is 12.6. The zero-order valence-electron chi connectivity index (χ0n) is 21.7. The molecule has 1 aliphatic carbocycles. The van der Waals surface area contributed by atoms with Crippen molar-refractivity contribution in [3.8, 4) is 0 Å². The Morgan fingerprint density at radius 3 is 2.73 bits per heavy atom. The van der Waals surface area contributed by atoms with E-state index in [1.54, 1.807) is 17.4 Å². The Hall–Kier alpha value is -3.31. The molecule has 3 aromatic rings. The fraction of sp³-hybridized carbons (Fsp3) is 0.500. The molecule has 6 rings (SSSR count). The van der Waals surface area contributed by atoms with E-state index in [0.717, 1.165) is 41.7 Å². The summed E-state index contributed by atoms with van der Waals surface area (Å²) in [5.74, 6) is 0.570. The van der Waals surface area contributed by atoms with Gasteiger partial charge in [-0.25, -0.2) is 9.97 Å². The zero-order chi connectivity index (χ0) is 26.2. The van der Waals surface area contributed by atoms with Crippen molar-refractivity contribution in [1.29, 1.82) is 0 Å². The summed E-state index contributed by atoms with van der Waals surface area (Å²) >= 11 is 1.61. The number of pyridine rings is 1. The molecule has 0 spiro atoms. The van der Waals surface area contributed by atoms with Gasteiger partial charge < -0.3 is 20.4 Å². The molecule has 11 heteroatoms. The summed E-state index contributed by atoms with van der Waals surface area (Å²) < 4.78 is 1.52. The lowest BCUT2D eigenvalue weighted by Gasteiger charge is -2.44. The Labute approximate surface area is 218 Å². The lowest BCUT2D eigenvalue weighted by Crippen LogP contribution is -2.60. The standard InChI is InChI=1S/C26H31N7O3S/c1-13-8-17(25(36)33-20(13)22(34)30-26(33,2)3)29-21-19-16-7-6-14(9-18(16)37-23(19)28-12-27-21)24(35)32-10-15(11-32)31(4)5/h8,12,14-15H,6-7,9-11H2,1-5H3,(H,30,34)(H,27,28,29)/t14-/m0/s1. The van der Waals surface area contributed by atoms with Crippen molar-refractivity contribution in [2.24, 2.45) is 5.92 Å². The molecular formula is C26H31N7O3S. The van der Waals surface area contributed by atoms with Gasteiger partial charge in [-0.1, -0.05) is 0 Å². The van der Waals surface area contributed by atoms with Gasteiger partial charge in [-0.2, -0.15) is 0 Å². The Bertz CT molecular complexity index is 1520. The van der Waals surface area contributed by atoms with Crippen LogP contribution in [0.15, 0.2) is 17.2 Å². The minimum absolute atomic E-state index is 0.00989. The number of nitrogens with one attached hydrogen (secondary N) is 2. The van der Waals surface area contributed by atoms with Crippen molar-refractivity contribution < 1.29 is 9.59 Å². The summed E-state index contributed by atoms with van der Waals surface area (Å²) in [6.07, 6.45) is 3.77. The molecule has 0 saturated carbocycles. The highest BCUT2D eigenvalue weighted by atomic mass is 32.1. The monoisotopic (exact) mass is 521 g/mol. The van der Waals surface area contributed by atoms with Crippen LogP contribution in [-0.2, 0) is 23.3 Å². The maximum Gasteiger partial charge on any atom is 0.276 e. The quantitative estimate of drug-likeness (QED) is 0.541. The lowest BCUT2D eigenvalue weighted by atomic mass is 9.86. The Balaban J connectivity index is 1.31. The topological polar surface area (TPSA) is 112 Å². The molecule has 194 valence electrons. The Morgan fingerprint density at radius 1 is 1.24 bits per heavy atom. The molecule has 0 unspecified atom stereocenters. The molecule has 3 aliphatic rings. The van der Waals surface area contributed by atoms with Crippen LogP contribution in [0.4, 0.5) is 11.5 Å². The van der Waals surface area contributed by atoms with Gasteiger partial charge in [-0.05, 0) is 71.3 Å². The van der Waals surface area contributed by atoms with E-state index in [1.165, 1.54) is 15.8 Å². The maximum absolute atomic E-state index is 13.4. The Morgan fingerprint density at radius 2 is 2.00 bits per heavy atom. The molecule has 1 fully saturated rings. The van der Waals surface area contributed by atoms with Gasteiger partial charge in [-0.15, -0.1) is 11.3 Å². The van der Waals surface area contributed by atoms with Gasteiger partial charge in [0.05, 0.1) is 5.39 Å². The SMILES string of the molecule is Cc1cc(Nc2ncnc3sc4c(c23)CC[C@H](C(=O)N2CC(N(C)C)C2)C4)c(=O)n2c1C(=O)NC2(C)C. The molecule has 1 atom stereocenters. The van der Waals surface area contributed by atoms with Crippen LogP contribution in [-0.4, -0.2) is 69.4 Å². The number of aromatic nitrogens is 3. The number of fused-ring (bicyclic) bond motifs is 4. The van der Waals surface area contributed by atoms with Gasteiger partial charge in [0.15, 0.2) is 0 Å². The molecule has 1 saturated heterocycles. The number of carbonyl (C=O) groups excluding carboxylic acids is 2. The van der Waals surface area contributed by atoms with Crippen molar-refractivity contribution in [1.82, 2.24) is 29.7 Å². The second kappa shape index (κ2) is 8.35. The average molecular weight is 522 g/mol. The number of likely N-dealkylation sites (N-methyl/N-ethyl adjacent to an activating group) is 1. The minimum Gasteiger partial charge on any atom is -0.339 e. The summed E-state index contributed by atoms with van der Waals surface area (Å²) in [4.78, 5) is 54.2. The number of hydrogen-bond acceptors (Lipinski definition) is 8. The summed E-state index contributed by atoms with van der Waals surface area (Å²) in [5, 5.41) is 7.06. The van der Waals surface area contributed by atoms with Crippen LogP contribution in [0.5, 0.6) is 0 Å². The Kier molecular flexibility index (Phi) is 5.43. The fourth-order valence-corrected chi connectivity index (χ4v) is 7.07. The lowest BCUT2D eigenvalue weighted by molar-refractivity contribution is -0.142. The van der Waals surface area contributed by atoms with Crippen LogP contribution in [0.25, 0.3) is 10.2 Å². The normalized spacial score (nSPS) is 20.5. The average Bonchev–Trinajstić information content (AvgIpc) is 3.29. The third kappa shape index (κ3) is 3.74. The van der Waals surface area contributed by atoms with Crippen LogP contribution in [0.3, 0.4) is 0 Å². The zero-order valence-corrected chi connectivity index (χ0v) is 22.5. The van der Waals surface area contributed by atoms with E-state index in [4.69, 9.17) is 0 Å². The third-order valence-electron chi connectivity index (χ3n) is 7.94. The van der Waals surface area contributed by atoms with E-state index in [1.807, 2.05) is 25.7 Å². The molecule has 10 nitrogen and oxygen atoms in total. The summed E-state index contributed by atoms with van der Waals surface area (Å²) in [6.45, 7) is 7.05. The number of hydrogen-bond donors (Lipinski definition) is 2. The predicted molar refractivity (Wildman–Crippen MR) is 142 cm³/mol. The molecule has 2 N–H and O–H groups in total.